The first-order valence-electron chi connectivity index (χ1n) is 9.45. The third-order valence-electron chi connectivity index (χ3n) is 5.00. The van der Waals surface area contributed by atoms with Gasteiger partial charge in [0.2, 0.25) is 11.8 Å². The maximum absolute atomic E-state index is 12.9. The number of nitrogens with zero attached hydrogens (tertiary/aromatic N) is 3. The predicted molar refractivity (Wildman–Crippen MR) is 98.0 cm³/mol. The third-order valence-corrected chi connectivity index (χ3v) is 5.00. The van der Waals surface area contributed by atoms with Crippen LogP contribution >= 0.6 is 0 Å². The van der Waals surface area contributed by atoms with Crippen LogP contribution in [0.5, 0.6) is 0 Å². The molecule has 1 aromatic rings. The predicted octanol–water partition coefficient (Wildman–Crippen LogP) is 2.56. The number of hydrogen-bond acceptors (Lipinski definition) is 3. The van der Waals surface area contributed by atoms with Crippen molar-refractivity contribution in [2.24, 2.45) is 5.92 Å². The fourth-order valence-corrected chi connectivity index (χ4v) is 3.57. The minimum absolute atomic E-state index is 0.0491. The molecule has 2 amide bonds. The Morgan fingerprint density at radius 1 is 1.28 bits per heavy atom. The van der Waals surface area contributed by atoms with E-state index in [0.29, 0.717) is 31.8 Å². The van der Waals surface area contributed by atoms with Crippen LogP contribution in [0.3, 0.4) is 0 Å². The van der Waals surface area contributed by atoms with Gasteiger partial charge in [-0.1, -0.05) is 13.8 Å². The summed E-state index contributed by atoms with van der Waals surface area (Å²) in [6.45, 7) is 12.2. The van der Waals surface area contributed by atoms with Gasteiger partial charge < -0.3 is 10.2 Å². The second kappa shape index (κ2) is 8.50. The van der Waals surface area contributed by atoms with E-state index in [2.05, 4.69) is 31.2 Å². The average Bonchev–Trinajstić information content (AvgIpc) is 2.84. The van der Waals surface area contributed by atoms with Crippen LogP contribution in [-0.2, 0) is 22.7 Å². The molecule has 2 rings (SSSR count). The van der Waals surface area contributed by atoms with Crippen LogP contribution in [0.25, 0.3) is 0 Å². The molecule has 0 bridgehead atoms. The zero-order valence-corrected chi connectivity index (χ0v) is 16.3. The molecule has 0 unspecified atom stereocenters. The van der Waals surface area contributed by atoms with Crippen molar-refractivity contribution >= 4 is 11.8 Å². The molecule has 0 radical (unpaired) electrons. The van der Waals surface area contributed by atoms with Crippen molar-refractivity contribution in [1.29, 1.82) is 0 Å². The number of carbonyl (C=O) groups is 2. The normalized spacial score (nSPS) is 16.4. The highest BCUT2D eigenvalue weighted by molar-refractivity contribution is 5.88. The Balaban J connectivity index is 2.09. The molecule has 0 aliphatic carbocycles. The maximum atomic E-state index is 12.9. The van der Waals surface area contributed by atoms with E-state index < -0.39 is 0 Å². The first-order chi connectivity index (χ1) is 11.8. The highest BCUT2D eigenvalue weighted by atomic mass is 16.2. The molecule has 1 aliphatic heterocycles. The van der Waals surface area contributed by atoms with E-state index in [9.17, 15) is 9.59 Å². The molecule has 25 heavy (non-hydrogen) atoms. The number of piperidine rings is 1. The number of likely N-dealkylation sites (tertiary alicyclic amines) is 1. The molecule has 1 aromatic heterocycles. The number of carbonyl (C=O) groups excluding carboxylic acids is 2. The van der Waals surface area contributed by atoms with Gasteiger partial charge in [-0.25, -0.2) is 0 Å². The van der Waals surface area contributed by atoms with E-state index >= 15 is 0 Å². The molecule has 1 aliphatic rings. The van der Waals surface area contributed by atoms with Gasteiger partial charge in [0.15, 0.2) is 0 Å². The largest absolute Gasteiger partial charge is 0.350 e. The fourth-order valence-electron chi connectivity index (χ4n) is 3.57. The lowest BCUT2D eigenvalue weighted by molar-refractivity contribution is -0.143. The Morgan fingerprint density at radius 2 is 2.00 bits per heavy atom. The molecule has 1 fully saturated rings. The van der Waals surface area contributed by atoms with Crippen LogP contribution in [0.4, 0.5) is 0 Å². The Hall–Kier alpha value is -1.85. The molecular formula is C19H32N4O2. The molecule has 1 atom stereocenters. The second-order valence-electron chi connectivity index (χ2n) is 7.37. The molecule has 0 aromatic carbocycles. The van der Waals surface area contributed by atoms with E-state index in [1.807, 2.05) is 18.5 Å². The van der Waals surface area contributed by atoms with Gasteiger partial charge >= 0.3 is 0 Å². The van der Waals surface area contributed by atoms with Crippen LogP contribution in [-0.4, -0.2) is 39.1 Å². The summed E-state index contributed by atoms with van der Waals surface area (Å²) in [5.74, 6) is 0.419. The van der Waals surface area contributed by atoms with E-state index in [4.69, 9.17) is 0 Å². The van der Waals surface area contributed by atoms with Gasteiger partial charge in [0.1, 0.15) is 6.04 Å². The monoisotopic (exact) mass is 348 g/mol. The van der Waals surface area contributed by atoms with E-state index in [1.54, 1.807) is 4.90 Å². The molecular weight excluding hydrogens is 316 g/mol. The van der Waals surface area contributed by atoms with Crippen LogP contribution in [0.2, 0.25) is 0 Å². The molecule has 1 N–H and O–H groups in total. The molecule has 6 heteroatoms. The Kier molecular flexibility index (Phi) is 6.62. The Labute approximate surface area is 151 Å². The van der Waals surface area contributed by atoms with Gasteiger partial charge in [-0.3, -0.25) is 14.3 Å². The highest BCUT2D eigenvalue weighted by Gasteiger charge is 2.31. The summed E-state index contributed by atoms with van der Waals surface area (Å²) < 4.78 is 1.95. The number of aryl methyl sites for hydroxylation is 2. The van der Waals surface area contributed by atoms with Gasteiger partial charge in [-0.2, -0.15) is 5.10 Å². The average molecular weight is 348 g/mol. The number of nitrogens with one attached hydrogen (secondary N) is 1. The summed E-state index contributed by atoms with van der Waals surface area (Å²) in [7, 11) is 0. The third kappa shape index (κ3) is 4.61. The van der Waals surface area contributed by atoms with Gasteiger partial charge in [-0.05, 0) is 46.0 Å². The SMILES string of the molecule is CCn1nc(C)c(CNC(=O)[C@H](CC(C)C)N2CCCCC2=O)c1C. The molecule has 6 nitrogen and oxygen atoms in total. The van der Waals surface area contributed by atoms with Gasteiger partial charge in [0.25, 0.3) is 0 Å². The number of hydrogen-bond donors (Lipinski definition) is 1. The summed E-state index contributed by atoms with van der Waals surface area (Å²) in [5.41, 5.74) is 3.12. The minimum atomic E-state index is -0.366. The fraction of sp³-hybridized carbons (Fsp3) is 0.737. The van der Waals surface area contributed by atoms with Crippen LogP contribution in [0.1, 0.15) is 63.4 Å². The smallest absolute Gasteiger partial charge is 0.243 e. The lowest BCUT2D eigenvalue weighted by Crippen LogP contribution is -2.51. The number of amides is 2. The zero-order valence-electron chi connectivity index (χ0n) is 16.3. The van der Waals surface area contributed by atoms with Crippen molar-refractivity contribution in [3.05, 3.63) is 17.0 Å². The van der Waals surface area contributed by atoms with Crippen molar-refractivity contribution in [3.63, 3.8) is 0 Å². The van der Waals surface area contributed by atoms with Crippen molar-refractivity contribution in [2.45, 2.75) is 79.4 Å². The summed E-state index contributed by atoms with van der Waals surface area (Å²) >= 11 is 0. The molecule has 1 saturated heterocycles. The first kappa shape index (κ1) is 19.5. The van der Waals surface area contributed by atoms with Crippen molar-refractivity contribution in [3.8, 4) is 0 Å². The van der Waals surface area contributed by atoms with Crippen LogP contribution in [0, 0.1) is 19.8 Å². The van der Waals surface area contributed by atoms with E-state index in [1.165, 1.54) is 0 Å². The van der Waals surface area contributed by atoms with Crippen LogP contribution in [0.15, 0.2) is 0 Å². The maximum Gasteiger partial charge on any atom is 0.243 e. The van der Waals surface area contributed by atoms with E-state index in [-0.39, 0.29) is 17.9 Å². The van der Waals surface area contributed by atoms with E-state index in [0.717, 1.165) is 36.3 Å². The van der Waals surface area contributed by atoms with Gasteiger partial charge in [0.05, 0.1) is 5.69 Å². The van der Waals surface area contributed by atoms with Crippen LogP contribution < -0.4 is 5.32 Å². The summed E-state index contributed by atoms with van der Waals surface area (Å²) in [6.07, 6.45) is 3.17. The lowest BCUT2D eigenvalue weighted by atomic mass is 9.98. The minimum Gasteiger partial charge on any atom is -0.350 e. The Morgan fingerprint density at radius 3 is 2.56 bits per heavy atom. The number of rotatable bonds is 7. The standard InChI is InChI=1S/C19H32N4O2/c1-6-23-15(5)16(14(4)21-23)12-20-19(25)17(11-13(2)3)22-10-8-7-9-18(22)24/h13,17H,6-12H2,1-5H3,(H,20,25)/t17-/m0/s1. The number of aromatic nitrogens is 2. The molecule has 0 spiro atoms. The van der Waals surface area contributed by atoms with Crippen molar-refractivity contribution < 1.29 is 9.59 Å². The topological polar surface area (TPSA) is 67.2 Å². The summed E-state index contributed by atoms with van der Waals surface area (Å²) in [6, 6.07) is -0.366. The summed E-state index contributed by atoms with van der Waals surface area (Å²) in [5, 5.41) is 7.56. The first-order valence-corrected chi connectivity index (χ1v) is 9.45. The van der Waals surface area contributed by atoms with Gasteiger partial charge in [0, 0.05) is 37.3 Å². The van der Waals surface area contributed by atoms with Crippen molar-refractivity contribution in [1.82, 2.24) is 20.0 Å². The highest BCUT2D eigenvalue weighted by Crippen LogP contribution is 2.20. The molecule has 140 valence electrons. The van der Waals surface area contributed by atoms with Gasteiger partial charge in [-0.15, -0.1) is 0 Å². The van der Waals surface area contributed by atoms with Crippen molar-refractivity contribution in [2.75, 3.05) is 6.54 Å². The summed E-state index contributed by atoms with van der Waals surface area (Å²) in [4.78, 5) is 26.9. The lowest BCUT2D eigenvalue weighted by Gasteiger charge is -2.34. The quantitative estimate of drug-likeness (QED) is 0.823. The second-order valence-corrected chi connectivity index (χ2v) is 7.37. The Bertz CT molecular complexity index is 621. The molecule has 0 saturated carbocycles. The zero-order chi connectivity index (χ0) is 18.6. The molecule has 2 heterocycles.